The van der Waals surface area contributed by atoms with Gasteiger partial charge in [-0.25, -0.2) is 0 Å². The molecule has 0 bridgehead atoms. The van der Waals surface area contributed by atoms with Crippen molar-refractivity contribution in [2.24, 2.45) is 0 Å². The molecule has 0 aliphatic carbocycles. The van der Waals surface area contributed by atoms with Crippen LogP contribution >= 0.6 is 34.8 Å². The molecule has 0 fully saturated rings. The molecule has 6 heteroatoms. The van der Waals surface area contributed by atoms with Gasteiger partial charge < -0.3 is 0 Å². The van der Waals surface area contributed by atoms with Crippen molar-refractivity contribution in [2.45, 2.75) is 13.8 Å². The molecule has 2 aromatic rings. The van der Waals surface area contributed by atoms with E-state index in [0.717, 1.165) is 11.1 Å². The van der Waals surface area contributed by atoms with E-state index in [1.807, 2.05) is 26.0 Å². The molecule has 0 aliphatic rings. The highest BCUT2D eigenvalue weighted by atomic mass is 35.5. The third-order valence-corrected chi connectivity index (χ3v) is 3.75. The first-order valence-corrected chi connectivity index (χ1v) is 7.30. The molecule has 1 amide bonds. The smallest absolute Gasteiger partial charge is 0.269 e. The number of hydrogen-bond donors (Lipinski definition) is 2. The third kappa shape index (κ3) is 3.82. The van der Waals surface area contributed by atoms with Crippen molar-refractivity contribution in [3.8, 4) is 0 Å². The van der Waals surface area contributed by atoms with Crippen molar-refractivity contribution in [3.05, 3.63) is 62.1 Å². The highest BCUT2D eigenvalue weighted by Crippen LogP contribution is 2.33. The molecule has 0 saturated carbocycles. The lowest BCUT2D eigenvalue weighted by atomic mass is 10.1. The number of rotatable bonds is 3. The van der Waals surface area contributed by atoms with Gasteiger partial charge in [-0.3, -0.25) is 15.6 Å². The van der Waals surface area contributed by atoms with Gasteiger partial charge in [-0.2, -0.15) is 0 Å². The molecule has 0 aliphatic heterocycles. The van der Waals surface area contributed by atoms with E-state index >= 15 is 0 Å². The highest BCUT2D eigenvalue weighted by molar-refractivity contribution is 6.41. The minimum atomic E-state index is -0.269. The highest BCUT2D eigenvalue weighted by Gasteiger charge is 2.11. The zero-order valence-electron chi connectivity index (χ0n) is 11.4. The van der Waals surface area contributed by atoms with Gasteiger partial charge >= 0.3 is 0 Å². The second-order valence-corrected chi connectivity index (χ2v) is 5.89. The van der Waals surface area contributed by atoms with Crippen LogP contribution in [0.1, 0.15) is 21.5 Å². The zero-order valence-corrected chi connectivity index (χ0v) is 13.7. The van der Waals surface area contributed by atoms with Crippen LogP contribution in [0.3, 0.4) is 0 Å². The van der Waals surface area contributed by atoms with Crippen molar-refractivity contribution in [2.75, 3.05) is 5.43 Å². The average molecular weight is 344 g/mol. The minimum Gasteiger partial charge on any atom is -0.295 e. The number of benzene rings is 2. The maximum absolute atomic E-state index is 12.2. The monoisotopic (exact) mass is 342 g/mol. The van der Waals surface area contributed by atoms with E-state index in [1.54, 1.807) is 18.2 Å². The lowest BCUT2D eigenvalue weighted by molar-refractivity contribution is 0.0962. The number of aryl methyl sites for hydroxylation is 2. The fraction of sp³-hybridized carbons (Fsp3) is 0.133. The molecule has 2 rings (SSSR count). The van der Waals surface area contributed by atoms with Gasteiger partial charge in [-0.05, 0) is 37.6 Å². The standard InChI is InChI=1S/C15H13Cl3N2O/c1-8-3-4-11(9(2)5-8)15(21)20-19-14-12(17)6-10(16)7-13(14)18/h3-7,19H,1-2H3,(H,20,21). The van der Waals surface area contributed by atoms with E-state index in [2.05, 4.69) is 10.9 Å². The predicted molar refractivity (Wildman–Crippen MR) is 88.5 cm³/mol. The van der Waals surface area contributed by atoms with Crippen LogP contribution in [0.4, 0.5) is 5.69 Å². The third-order valence-electron chi connectivity index (χ3n) is 2.93. The quantitative estimate of drug-likeness (QED) is 0.768. The Morgan fingerprint density at radius 3 is 2.19 bits per heavy atom. The minimum absolute atomic E-state index is 0.269. The molecular formula is C15H13Cl3N2O. The molecular weight excluding hydrogens is 331 g/mol. The summed E-state index contributed by atoms with van der Waals surface area (Å²) in [5.74, 6) is -0.269. The van der Waals surface area contributed by atoms with Gasteiger partial charge in [0, 0.05) is 10.6 Å². The van der Waals surface area contributed by atoms with E-state index in [9.17, 15) is 4.79 Å². The number of amides is 1. The summed E-state index contributed by atoms with van der Waals surface area (Å²) in [5.41, 5.74) is 8.27. The molecule has 3 nitrogen and oxygen atoms in total. The largest absolute Gasteiger partial charge is 0.295 e. The van der Waals surface area contributed by atoms with Crippen molar-refractivity contribution >= 4 is 46.4 Å². The van der Waals surface area contributed by atoms with Crippen LogP contribution in [0.5, 0.6) is 0 Å². The Morgan fingerprint density at radius 2 is 1.62 bits per heavy atom. The van der Waals surface area contributed by atoms with Gasteiger partial charge in [0.2, 0.25) is 0 Å². The number of hydrogen-bond acceptors (Lipinski definition) is 2. The van der Waals surface area contributed by atoms with E-state index in [-0.39, 0.29) is 5.91 Å². The maximum Gasteiger partial charge on any atom is 0.269 e. The molecule has 0 unspecified atom stereocenters. The molecule has 0 radical (unpaired) electrons. The second-order valence-electron chi connectivity index (χ2n) is 4.64. The van der Waals surface area contributed by atoms with E-state index in [4.69, 9.17) is 34.8 Å². The van der Waals surface area contributed by atoms with E-state index in [0.29, 0.717) is 26.3 Å². The molecule has 0 spiro atoms. The summed E-state index contributed by atoms with van der Waals surface area (Å²) in [6.07, 6.45) is 0. The fourth-order valence-electron chi connectivity index (χ4n) is 1.92. The first kappa shape index (κ1) is 16.0. The summed E-state index contributed by atoms with van der Waals surface area (Å²) in [4.78, 5) is 12.2. The summed E-state index contributed by atoms with van der Waals surface area (Å²) >= 11 is 17.9. The van der Waals surface area contributed by atoms with Crippen molar-refractivity contribution in [1.82, 2.24) is 5.43 Å². The second kappa shape index (κ2) is 6.56. The first-order valence-electron chi connectivity index (χ1n) is 6.16. The van der Waals surface area contributed by atoms with Gasteiger partial charge in [0.05, 0.1) is 15.7 Å². The molecule has 2 N–H and O–H groups in total. The summed E-state index contributed by atoms with van der Waals surface area (Å²) in [7, 11) is 0. The number of anilines is 1. The molecule has 0 aromatic heterocycles. The summed E-state index contributed by atoms with van der Waals surface area (Å²) in [6.45, 7) is 3.85. The topological polar surface area (TPSA) is 41.1 Å². The molecule has 2 aromatic carbocycles. The van der Waals surface area contributed by atoms with Crippen LogP contribution < -0.4 is 10.9 Å². The lowest BCUT2D eigenvalue weighted by Gasteiger charge is -2.13. The van der Waals surface area contributed by atoms with E-state index in [1.165, 1.54) is 0 Å². The predicted octanol–water partition coefficient (Wildman–Crippen LogP) is 5.02. The average Bonchev–Trinajstić information content (AvgIpc) is 2.36. The van der Waals surface area contributed by atoms with Gasteiger partial charge in [0.1, 0.15) is 0 Å². The molecule has 0 atom stereocenters. The first-order chi connectivity index (χ1) is 9.88. The number of halogens is 3. The Hall–Kier alpha value is -1.42. The van der Waals surface area contributed by atoms with Crippen molar-refractivity contribution < 1.29 is 4.79 Å². The number of carbonyl (C=O) groups is 1. The number of hydrazine groups is 1. The van der Waals surface area contributed by atoms with Crippen LogP contribution in [0.15, 0.2) is 30.3 Å². The molecule has 21 heavy (non-hydrogen) atoms. The van der Waals surface area contributed by atoms with Crippen LogP contribution in [0.25, 0.3) is 0 Å². The van der Waals surface area contributed by atoms with Gasteiger partial charge in [-0.15, -0.1) is 0 Å². The van der Waals surface area contributed by atoms with Crippen LogP contribution in [0, 0.1) is 13.8 Å². The van der Waals surface area contributed by atoms with Crippen molar-refractivity contribution in [3.63, 3.8) is 0 Å². The maximum atomic E-state index is 12.2. The normalized spacial score (nSPS) is 10.3. The molecule has 110 valence electrons. The fourth-order valence-corrected chi connectivity index (χ4v) is 2.83. The lowest BCUT2D eigenvalue weighted by Crippen LogP contribution is -2.30. The SMILES string of the molecule is Cc1ccc(C(=O)NNc2c(Cl)cc(Cl)cc2Cl)c(C)c1. The van der Waals surface area contributed by atoms with Crippen LogP contribution in [0.2, 0.25) is 15.1 Å². The van der Waals surface area contributed by atoms with Crippen LogP contribution in [-0.2, 0) is 0 Å². The Kier molecular flexibility index (Phi) is 4.99. The van der Waals surface area contributed by atoms with Crippen LogP contribution in [-0.4, -0.2) is 5.91 Å². The Labute approximate surface area is 138 Å². The Morgan fingerprint density at radius 1 is 1.00 bits per heavy atom. The Bertz CT molecular complexity index is 678. The van der Waals surface area contributed by atoms with E-state index < -0.39 is 0 Å². The molecule has 0 saturated heterocycles. The zero-order chi connectivity index (χ0) is 15.6. The number of nitrogens with one attached hydrogen (secondary N) is 2. The van der Waals surface area contributed by atoms with Crippen molar-refractivity contribution in [1.29, 1.82) is 0 Å². The Balaban J connectivity index is 2.15. The van der Waals surface area contributed by atoms with Gasteiger partial charge in [-0.1, -0.05) is 52.5 Å². The molecule has 0 heterocycles. The summed E-state index contributed by atoms with van der Waals surface area (Å²) < 4.78 is 0. The van der Waals surface area contributed by atoms with Gasteiger partial charge in [0.25, 0.3) is 5.91 Å². The number of carbonyl (C=O) groups excluding carboxylic acids is 1. The van der Waals surface area contributed by atoms with Gasteiger partial charge in [0.15, 0.2) is 0 Å². The summed E-state index contributed by atoms with van der Waals surface area (Å²) in [6, 6.07) is 8.68. The summed E-state index contributed by atoms with van der Waals surface area (Å²) in [5, 5.41) is 1.08.